The molecule has 0 aromatic heterocycles. The summed E-state index contributed by atoms with van der Waals surface area (Å²) in [6.45, 7) is 0. The maximum atomic E-state index is 14.8. The van der Waals surface area contributed by atoms with Gasteiger partial charge in [0.1, 0.15) is 11.5 Å². The first kappa shape index (κ1) is 25.8. The first-order chi connectivity index (χ1) is 16.4. The van der Waals surface area contributed by atoms with Crippen LogP contribution in [0.2, 0.25) is 0 Å². The van der Waals surface area contributed by atoms with Crippen molar-refractivity contribution in [1.82, 2.24) is 0 Å². The van der Waals surface area contributed by atoms with Crippen LogP contribution in [0.25, 0.3) is 0 Å². The van der Waals surface area contributed by atoms with Crippen molar-refractivity contribution in [2.45, 2.75) is 35.5 Å². The lowest BCUT2D eigenvalue weighted by atomic mass is 9.96. The van der Waals surface area contributed by atoms with Crippen LogP contribution in [-0.4, -0.2) is 35.5 Å². The lowest BCUT2D eigenvalue weighted by molar-refractivity contribution is -0.274. The van der Waals surface area contributed by atoms with Crippen molar-refractivity contribution in [3.63, 3.8) is 0 Å². The van der Waals surface area contributed by atoms with Crippen molar-refractivity contribution in [3.8, 4) is 11.5 Å². The van der Waals surface area contributed by atoms with Crippen LogP contribution in [0, 0.1) is 0 Å². The van der Waals surface area contributed by atoms with E-state index in [0.717, 1.165) is 48.5 Å². The number of rotatable bonds is 5. The molecule has 36 heavy (non-hydrogen) atoms. The zero-order valence-electron chi connectivity index (χ0n) is 17.1. The molecular weight excluding hydrogens is 524 g/mol. The van der Waals surface area contributed by atoms with Crippen LogP contribution in [0.5, 0.6) is 11.5 Å². The minimum absolute atomic E-state index is 0.751. The Morgan fingerprint density at radius 2 is 0.667 bits per heavy atom. The summed E-state index contributed by atoms with van der Waals surface area (Å²) in [4.78, 5) is 0. The van der Waals surface area contributed by atoms with E-state index < -0.39 is 69.7 Å². The van der Waals surface area contributed by atoms with E-state index >= 15 is 0 Å². The fraction of sp³-hybridized carbons (Fsp3) is 0.273. The molecule has 2 aromatic carbocycles. The van der Waals surface area contributed by atoms with E-state index in [-0.39, 0.29) is 0 Å². The second kappa shape index (κ2) is 7.59. The fourth-order valence-corrected chi connectivity index (χ4v) is 3.58. The monoisotopic (exact) mass is 534 g/mol. The quantitative estimate of drug-likeness (QED) is 0.370. The molecule has 0 fully saturated rings. The molecular formula is C22H10F12O2. The highest BCUT2D eigenvalue weighted by Gasteiger charge is 2.88. The second-order valence-electron chi connectivity index (χ2n) is 7.68. The average Bonchev–Trinajstić information content (AvgIpc) is 2.95. The SMILES string of the molecule is FC1(F)C(Oc2ccccc2)=C(C2=C(Oc3ccccc3)C(F)(F)C(F)(F)C2(F)F)C(F)(F)C1(F)F. The molecule has 194 valence electrons. The molecule has 0 spiro atoms. The number of benzene rings is 2. The van der Waals surface area contributed by atoms with Crippen molar-refractivity contribution in [2.75, 3.05) is 0 Å². The molecule has 2 aromatic rings. The van der Waals surface area contributed by atoms with Gasteiger partial charge in [-0.15, -0.1) is 0 Å². The predicted molar refractivity (Wildman–Crippen MR) is 97.9 cm³/mol. The molecule has 2 aliphatic carbocycles. The molecule has 0 heterocycles. The standard InChI is InChI=1S/C22H10F12O2/c23-17(24)13(15(19(27,28)21(17,31)32)35-11-7-3-1-4-8-11)14-16(36-12-9-5-2-6-10-12)20(29,30)22(33,34)18(14,25)26/h1-10H. The minimum Gasteiger partial charge on any atom is -0.455 e. The number of hydrogen-bond donors (Lipinski definition) is 0. The Kier molecular flexibility index (Phi) is 5.43. The predicted octanol–water partition coefficient (Wildman–Crippen LogP) is 7.49. The van der Waals surface area contributed by atoms with E-state index in [4.69, 9.17) is 0 Å². The van der Waals surface area contributed by atoms with Crippen molar-refractivity contribution in [2.24, 2.45) is 0 Å². The van der Waals surface area contributed by atoms with Gasteiger partial charge < -0.3 is 9.47 Å². The van der Waals surface area contributed by atoms with Crippen molar-refractivity contribution in [1.29, 1.82) is 0 Å². The zero-order chi connectivity index (χ0) is 26.9. The molecule has 0 unspecified atom stereocenters. The van der Waals surface area contributed by atoms with Crippen LogP contribution >= 0.6 is 0 Å². The Labute approximate surface area is 193 Å². The molecule has 14 heteroatoms. The molecule has 0 bridgehead atoms. The van der Waals surface area contributed by atoms with E-state index in [2.05, 4.69) is 9.47 Å². The number of hydrogen-bond acceptors (Lipinski definition) is 2. The normalized spacial score (nSPS) is 24.7. The van der Waals surface area contributed by atoms with E-state index in [0.29, 0.717) is 0 Å². The van der Waals surface area contributed by atoms with Crippen molar-refractivity contribution < 1.29 is 62.2 Å². The Bertz CT molecular complexity index is 1140. The minimum atomic E-state index is -6.55. The van der Waals surface area contributed by atoms with Gasteiger partial charge in [0.2, 0.25) is 0 Å². The summed E-state index contributed by atoms with van der Waals surface area (Å²) >= 11 is 0. The maximum Gasteiger partial charge on any atom is 0.384 e. The number of halogens is 12. The van der Waals surface area contributed by atoms with E-state index in [1.165, 1.54) is 12.1 Å². The number of allylic oxidation sites excluding steroid dienone is 4. The topological polar surface area (TPSA) is 18.5 Å². The Hall–Kier alpha value is -3.32. The van der Waals surface area contributed by atoms with Gasteiger partial charge in [-0.25, -0.2) is 0 Å². The van der Waals surface area contributed by atoms with Crippen LogP contribution < -0.4 is 9.47 Å². The third kappa shape index (κ3) is 3.15. The summed E-state index contributed by atoms with van der Waals surface area (Å²) in [5.41, 5.74) is -6.48. The van der Waals surface area contributed by atoms with Gasteiger partial charge in [-0.05, 0) is 24.3 Å². The second-order valence-corrected chi connectivity index (χ2v) is 7.68. The van der Waals surface area contributed by atoms with Gasteiger partial charge in [-0.3, -0.25) is 0 Å². The van der Waals surface area contributed by atoms with E-state index in [9.17, 15) is 52.7 Å². The summed E-state index contributed by atoms with van der Waals surface area (Å²) in [5, 5.41) is 0. The Morgan fingerprint density at radius 3 is 0.944 bits per heavy atom. The average molecular weight is 534 g/mol. The lowest BCUT2D eigenvalue weighted by Gasteiger charge is -2.27. The van der Waals surface area contributed by atoms with E-state index in [1.54, 1.807) is 0 Å². The summed E-state index contributed by atoms with van der Waals surface area (Å²) in [6.07, 6.45) is 0. The highest BCUT2D eigenvalue weighted by Crippen LogP contribution is 2.68. The number of para-hydroxylation sites is 2. The van der Waals surface area contributed by atoms with Gasteiger partial charge in [-0.1, -0.05) is 36.4 Å². The lowest BCUT2D eigenvalue weighted by Crippen LogP contribution is -2.51. The summed E-state index contributed by atoms with van der Waals surface area (Å²) in [6, 6.07) is 9.62. The molecule has 2 nitrogen and oxygen atoms in total. The molecule has 0 saturated heterocycles. The van der Waals surface area contributed by atoms with Gasteiger partial charge in [0, 0.05) is 0 Å². The molecule has 0 radical (unpaired) electrons. The number of alkyl halides is 12. The van der Waals surface area contributed by atoms with Gasteiger partial charge in [-0.2, -0.15) is 52.7 Å². The Balaban J connectivity index is 2.10. The molecule has 0 atom stereocenters. The largest absolute Gasteiger partial charge is 0.455 e. The van der Waals surface area contributed by atoms with E-state index in [1.807, 2.05) is 0 Å². The zero-order valence-corrected chi connectivity index (χ0v) is 17.1. The molecule has 0 saturated carbocycles. The Morgan fingerprint density at radius 1 is 0.389 bits per heavy atom. The molecule has 4 rings (SSSR count). The van der Waals surface area contributed by atoms with Crippen LogP contribution in [-0.2, 0) is 0 Å². The summed E-state index contributed by atoms with van der Waals surface area (Å²) in [5.74, 6) is -45.7. The van der Waals surface area contributed by atoms with Crippen molar-refractivity contribution >= 4 is 0 Å². The number of ether oxygens (including phenoxy) is 2. The van der Waals surface area contributed by atoms with Crippen LogP contribution in [0.3, 0.4) is 0 Å². The highest BCUT2D eigenvalue weighted by molar-refractivity contribution is 5.59. The van der Waals surface area contributed by atoms with Gasteiger partial charge in [0.25, 0.3) is 0 Å². The van der Waals surface area contributed by atoms with Crippen LogP contribution in [0.4, 0.5) is 52.7 Å². The highest BCUT2D eigenvalue weighted by atomic mass is 19.4. The smallest absolute Gasteiger partial charge is 0.384 e. The summed E-state index contributed by atoms with van der Waals surface area (Å²) < 4.78 is 183. The van der Waals surface area contributed by atoms with Gasteiger partial charge in [0.05, 0.1) is 11.1 Å². The van der Waals surface area contributed by atoms with Crippen LogP contribution in [0.1, 0.15) is 0 Å². The van der Waals surface area contributed by atoms with Crippen LogP contribution in [0.15, 0.2) is 83.3 Å². The summed E-state index contributed by atoms with van der Waals surface area (Å²) in [7, 11) is 0. The molecule has 0 aliphatic heterocycles. The molecule has 0 N–H and O–H groups in total. The van der Waals surface area contributed by atoms with Gasteiger partial charge >= 0.3 is 35.5 Å². The first-order valence-corrected chi connectivity index (χ1v) is 9.66. The van der Waals surface area contributed by atoms with Crippen molar-refractivity contribution in [3.05, 3.63) is 83.3 Å². The maximum absolute atomic E-state index is 14.8. The van der Waals surface area contributed by atoms with Gasteiger partial charge in [0.15, 0.2) is 11.5 Å². The first-order valence-electron chi connectivity index (χ1n) is 9.66. The third-order valence-electron chi connectivity index (χ3n) is 5.41. The molecule has 2 aliphatic rings. The third-order valence-corrected chi connectivity index (χ3v) is 5.41. The molecule has 0 amide bonds. The fourth-order valence-electron chi connectivity index (χ4n) is 3.58.